The molecule has 0 radical (unpaired) electrons. The first-order valence-corrected chi connectivity index (χ1v) is 8.64. The van der Waals surface area contributed by atoms with Gasteiger partial charge in [-0.3, -0.25) is 9.79 Å². The van der Waals surface area contributed by atoms with Crippen LogP contribution >= 0.6 is 0 Å². The normalized spacial score (nSPS) is 15.2. The molecule has 0 aliphatic carbocycles. The standard InChI is InChI=1S/C21H20N4O3/c1-2-14-6-11-19(23-13-14)24-21(26)16-4-3-5-18(12-16)28-17-9-7-15(8-10-17)20(22)25-27/h2-12,27H,13H2,1H3,(H2,22,25)(H,23,24,26)/b14-2+. The molecule has 2 aromatic carbocycles. The molecule has 0 atom stereocenters. The summed E-state index contributed by atoms with van der Waals surface area (Å²) in [5.41, 5.74) is 7.67. The van der Waals surface area contributed by atoms with Gasteiger partial charge in [0.1, 0.15) is 17.3 Å². The number of nitrogens with zero attached hydrogens (tertiary/aromatic N) is 2. The highest BCUT2D eigenvalue weighted by molar-refractivity contribution is 6.10. The van der Waals surface area contributed by atoms with E-state index in [0.717, 1.165) is 5.57 Å². The van der Waals surface area contributed by atoms with Crippen molar-refractivity contribution in [3.8, 4) is 11.5 Å². The molecule has 1 aliphatic rings. The zero-order chi connectivity index (χ0) is 19.9. The van der Waals surface area contributed by atoms with Gasteiger partial charge in [-0.2, -0.15) is 0 Å². The number of hydrogen-bond donors (Lipinski definition) is 3. The van der Waals surface area contributed by atoms with Crippen LogP contribution in [0.4, 0.5) is 0 Å². The molecule has 1 heterocycles. The van der Waals surface area contributed by atoms with Gasteiger partial charge in [-0.1, -0.05) is 23.4 Å². The summed E-state index contributed by atoms with van der Waals surface area (Å²) in [6, 6.07) is 13.6. The number of amidine groups is 2. The number of dihydropyridines is 1. The van der Waals surface area contributed by atoms with Crippen molar-refractivity contribution in [2.75, 3.05) is 6.54 Å². The summed E-state index contributed by atoms with van der Waals surface area (Å²) in [6.45, 7) is 2.50. The Morgan fingerprint density at radius 3 is 2.61 bits per heavy atom. The predicted molar refractivity (Wildman–Crippen MR) is 108 cm³/mol. The van der Waals surface area contributed by atoms with E-state index in [4.69, 9.17) is 15.7 Å². The summed E-state index contributed by atoms with van der Waals surface area (Å²) < 4.78 is 5.78. The molecule has 0 fully saturated rings. The van der Waals surface area contributed by atoms with Crippen LogP contribution in [0.25, 0.3) is 0 Å². The molecule has 1 amide bonds. The average Bonchev–Trinajstić information content (AvgIpc) is 2.74. The van der Waals surface area contributed by atoms with Crippen LogP contribution in [0.5, 0.6) is 11.5 Å². The summed E-state index contributed by atoms with van der Waals surface area (Å²) in [7, 11) is 0. The molecule has 7 heteroatoms. The largest absolute Gasteiger partial charge is 0.457 e. The Labute approximate surface area is 162 Å². The molecule has 7 nitrogen and oxygen atoms in total. The van der Waals surface area contributed by atoms with Crippen LogP contribution in [0.2, 0.25) is 0 Å². The fourth-order valence-electron chi connectivity index (χ4n) is 2.51. The maximum atomic E-state index is 12.5. The highest BCUT2D eigenvalue weighted by Crippen LogP contribution is 2.22. The van der Waals surface area contributed by atoms with E-state index >= 15 is 0 Å². The number of hydrogen-bond acceptors (Lipinski definition) is 5. The van der Waals surface area contributed by atoms with Crippen LogP contribution in [-0.4, -0.2) is 29.3 Å². The first-order chi connectivity index (χ1) is 13.6. The summed E-state index contributed by atoms with van der Waals surface area (Å²) >= 11 is 0. The molecule has 142 valence electrons. The third-order valence-electron chi connectivity index (χ3n) is 4.09. The number of ether oxygens (including phenoxy) is 1. The van der Waals surface area contributed by atoms with E-state index in [9.17, 15) is 4.79 Å². The van der Waals surface area contributed by atoms with Gasteiger partial charge in [0.2, 0.25) is 0 Å². The third kappa shape index (κ3) is 4.64. The second-order valence-electron chi connectivity index (χ2n) is 5.99. The Hall–Kier alpha value is -3.87. The van der Waals surface area contributed by atoms with Gasteiger partial charge in [0.15, 0.2) is 5.84 Å². The van der Waals surface area contributed by atoms with E-state index in [-0.39, 0.29) is 11.7 Å². The first kappa shape index (κ1) is 18.9. The Balaban J connectivity index is 1.67. The molecule has 0 aromatic heterocycles. The molecule has 3 rings (SSSR count). The topological polar surface area (TPSA) is 109 Å². The number of oxime groups is 1. The van der Waals surface area contributed by atoms with Crippen molar-refractivity contribution in [1.29, 1.82) is 0 Å². The number of aliphatic imine (C=N–C) groups is 1. The number of carbonyl (C=O) groups excluding carboxylic acids is 1. The van der Waals surface area contributed by atoms with E-state index in [1.165, 1.54) is 0 Å². The minimum Gasteiger partial charge on any atom is -0.457 e. The maximum Gasteiger partial charge on any atom is 0.256 e. The van der Waals surface area contributed by atoms with Crippen molar-refractivity contribution in [2.24, 2.45) is 15.9 Å². The summed E-state index contributed by atoms with van der Waals surface area (Å²) in [6.07, 6.45) is 5.69. The summed E-state index contributed by atoms with van der Waals surface area (Å²) in [5, 5.41) is 14.4. The number of rotatable bonds is 4. The lowest BCUT2D eigenvalue weighted by atomic mass is 10.1. The maximum absolute atomic E-state index is 12.5. The van der Waals surface area contributed by atoms with Crippen molar-refractivity contribution in [3.05, 3.63) is 83.5 Å². The number of nitrogens with two attached hydrogens (primary N) is 1. The summed E-state index contributed by atoms with van der Waals surface area (Å²) in [5.74, 6) is 1.36. The fourth-order valence-corrected chi connectivity index (χ4v) is 2.51. The Kier molecular flexibility index (Phi) is 5.86. The molecule has 4 N–H and O–H groups in total. The van der Waals surface area contributed by atoms with E-state index in [0.29, 0.717) is 35.0 Å². The van der Waals surface area contributed by atoms with Crippen molar-refractivity contribution < 1.29 is 14.7 Å². The van der Waals surface area contributed by atoms with Crippen LogP contribution < -0.4 is 15.8 Å². The lowest BCUT2D eigenvalue weighted by molar-refractivity contribution is 0.0977. The number of amides is 1. The molecule has 28 heavy (non-hydrogen) atoms. The number of allylic oxidation sites excluding steroid dienone is 1. The predicted octanol–water partition coefficient (Wildman–Crippen LogP) is 3.22. The smallest absolute Gasteiger partial charge is 0.256 e. The molecular formula is C21H20N4O3. The zero-order valence-electron chi connectivity index (χ0n) is 15.3. The van der Waals surface area contributed by atoms with Crippen LogP contribution in [0.3, 0.4) is 0 Å². The van der Waals surface area contributed by atoms with Gasteiger partial charge in [0, 0.05) is 11.1 Å². The molecule has 0 unspecified atom stereocenters. The molecule has 2 aromatic rings. The monoisotopic (exact) mass is 376 g/mol. The second kappa shape index (κ2) is 8.68. The van der Waals surface area contributed by atoms with Crippen LogP contribution in [-0.2, 0) is 0 Å². The molecule has 0 spiro atoms. The van der Waals surface area contributed by atoms with Gasteiger partial charge >= 0.3 is 0 Å². The van der Waals surface area contributed by atoms with Crippen molar-refractivity contribution >= 4 is 17.6 Å². The highest BCUT2D eigenvalue weighted by Gasteiger charge is 2.11. The van der Waals surface area contributed by atoms with Gasteiger partial charge < -0.3 is 21.0 Å². The minimum absolute atomic E-state index is 0.0199. The lowest BCUT2D eigenvalue weighted by Gasteiger charge is -2.11. The van der Waals surface area contributed by atoms with Gasteiger partial charge in [0.05, 0.1) is 6.54 Å². The van der Waals surface area contributed by atoms with Crippen LogP contribution in [0.1, 0.15) is 22.8 Å². The molecule has 0 saturated heterocycles. The van der Waals surface area contributed by atoms with E-state index < -0.39 is 0 Å². The quantitative estimate of drug-likeness (QED) is 0.329. The molecule has 0 saturated carbocycles. The van der Waals surface area contributed by atoms with Gasteiger partial charge in [-0.15, -0.1) is 0 Å². The van der Waals surface area contributed by atoms with Gasteiger partial charge in [-0.25, -0.2) is 0 Å². The van der Waals surface area contributed by atoms with Crippen LogP contribution in [0, 0.1) is 0 Å². The Morgan fingerprint density at radius 2 is 1.96 bits per heavy atom. The SMILES string of the molecule is C/C=C1\C=CC(NC(=O)c2cccc(Oc3ccc(/C(N)=N/O)cc3)c2)=NC1. The van der Waals surface area contributed by atoms with Crippen molar-refractivity contribution in [3.63, 3.8) is 0 Å². The van der Waals surface area contributed by atoms with E-state index in [2.05, 4.69) is 15.5 Å². The third-order valence-corrected chi connectivity index (χ3v) is 4.09. The van der Waals surface area contributed by atoms with Crippen molar-refractivity contribution in [2.45, 2.75) is 6.92 Å². The Bertz CT molecular complexity index is 989. The number of benzene rings is 2. The zero-order valence-corrected chi connectivity index (χ0v) is 15.3. The highest BCUT2D eigenvalue weighted by atomic mass is 16.5. The second-order valence-corrected chi connectivity index (χ2v) is 5.99. The fraction of sp³-hybridized carbons (Fsp3) is 0.0952. The average molecular weight is 376 g/mol. The summed E-state index contributed by atoms with van der Waals surface area (Å²) in [4.78, 5) is 16.8. The lowest BCUT2D eigenvalue weighted by Crippen LogP contribution is -2.30. The van der Waals surface area contributed by atoms with Crippen LogP contribution in [0.15, 0.2) is 82.5 Å². The first-order valence-electron chi connectivity index (χ1n) is 8.64. The minimum atomic E-state index is -0.264. The molecule has 0 bridgehead atoms. The van der Waals surface area contributed by atoms with Gasteiger partial charge in [0.25, 0.3) is 5.91 Å². The Morgan fingerprint density at radius 1 is 1.18 bits per heavy atom. The van der Waals surface area contributed by atoms with Crippen molar-refractivity contribution in [1.82, 2.24) is 5.32 Å². The number of nitrogens with one attached hydrogen (secondary N) is 1. The molecule has 1 aliphatic heterocycles. The van der Waals surface area contributed by atoms with Gasteiger partial charge in [-0.05, 0) is 61.0 Å². The number of carbonyl (C=O) groups is 1. The van der Waals surface area contributed by atoms with E-state index in [1.54, 1.807) is 54.6 Å². The van der Waals surface area contributed by atoms with E-state index in [1.807, 2.05) is 19.1 Å². The molecular weight excluding hydrogens is 356 g/mol.